The molecule has 2 N–H and O–H groups in total. The van der Waals surface area contributed by atoms with Crippen LogP contribution in [0.2, 0.25) is 0 Å². The Morgan fingerprint density at radius 2 is 1.29 bits per heavy atom. The van der Waals surface area contributed by atoms with E-state index in [-0.39, 0.29) is 5.56 Å². The molecule has 0 heterocycles. The Morgan fingerprint density at radius 3 is 1.84 bits per heavy atom. The third-order valence-corrected chi connectivity index (χ3v) is 5.98. The highest BCUT2D eigenvalue weighted by molar-refractivity contribution is 6.01. The number of carbonyl (C=O) groups excluding carboxylic acids is 2. The summed E-state index contributed by atoms with van der Waals surface area (Å²) >= 11 is 0. The third kappa shape index (κ3) is 6.50. The van der Waals surface area contributed by atoms with E-state index >= 15 is 0 Å². The lowest BCUT2D eigenvalue weighted by atomic mass is 9.99. The fourth-order valence-electron chi connectivity index (χ4n) is 3.91. The summed E-state index contributed by atoms with van der Waals surface area (Å²) in [5, 5.41) is 5.50. The Kier molecular flexibility index (Phi) is 8.28. The molecular formula is C31H30N2O5. The number of hydrogen-bond donors (Lipinski definition) is 2. The van der Waals surface area contributed by atoms with Crippen LogP contribution in [0.25, 0.3) is 0 Å². The first-order valence-electron chi connectivity index (χ1n) is 12.1. The fraction of sp³-hybridized carbons (Fsp3) is 0.161. The Balaban J connectivity index is 1.61. The smallest absolute Gasteiger partial charge is 0.341 e. The van der Waals surface area contributed by atoms with Crippen LogP contribution in [0.15, 0.2) is 91.0 Å². The number of aryl methyl sites for hydroxylation is 2. The van der Waals surface area contributed by atoms with Crippen molar-refractivity contribution >= 4 is 23.4 Å². The SMILES string of the molecule is COC(=O)c1cc(NC(=O)Nc2cccc(OC)c2)ccc1OC(c1ccc(C)cc1)c1ccc(C)cc1. The van der Waals surface area contributed by atoms with Crippen molar-refractivity contribution < 1.29 is 23.8 Å². The van der Waals surface area contributed by atoms with Gasteiger partial charge in [-0.25, -0.2) is 9.59 Å². The van der Waals surface area contributed by atoms with Crippen LogP contribution in [-0.2, 0) is 4.74 Å². The number of carbonyl (C=O) groups is 2. The second-order valence-corrected chi connectivity index (χ2v) is 8.83. The highest BCUT2D eigenvalue weighted by Crippen LogP contribution is 2.33. The van der Waals surface area contributed by atoms with Gasteiger partial charge in [0.25, 0.3) is 0 Å². The molecule has 194 valence electrons. The van der Waals surface area contributed by atoms with Gasteiger partial charge < -0.3 is 24.8 Å². The number of nitrogens with one attached hydrogen (secondary N) is 2. The van der Waals surface area contributed by atoms with E-state index in [2.05, 4.69) is 10.6 Å². The number of anilines is 2. The predicted octanol–water partition coefficient (Wildman–Crippen LogP) is 6.91. The van der Waals surface area contributed by atoms with Crippen molar-refractivity contribution in [3.05, 3.63) is 119 Å². The summed E-state index contributed by atoms with van der Waals surface area (Å²) < 4.78 is 16.7. The lowest BCUT2D eigenvalue weighted by Crippen LogP contribution is -2.20. The van der Waals surface area contributed by atoms with E-state index in [1.807, 2.05) is 62.4 Å². The molecule has 0 aliphatic heterocycles. The van der Waals surface area contributed by atoms with E-state index in [9.17, 15) is 9.59 Å². The van der Waals surface area contributed by atoms with E-state index in [1.165, 1.54) is 13.2 Å². The molecule has 0 aromatic heterocycles. The van der Waals surface area contributed by atoms with E-state index in [0.29, 0.717) is 22.9 Å². The normalized spacial score (nSPS) is 10.6. The number of rotatable bonds is 8. The van der Waals surface area contributed by atoms with Crippen molar-refractivity contribution in [3.8, 4) is 11.5 Å². The lowest BCUT2D eigenvalue weighted by molar-refractivity contribution is 0.0594. The van der Waals surface area contributed by atoms with Gasteiger partial charge >= 0.3 is 12.0 Å². The average Bonchev–Trinajstić information content (AvgIpc) is 2.93. The molecule has 0 saturated carbocycles. The molecule has 4 aromatic carbocycles. The number of methoxy groups -OCH3 is 2. The predicted molar refractivity (Wildman–Crippen MR) is 148 cm³/mol. The zero-order valence-electron chi connectivity index (χ0n) is 21.8. The molecule has 0 fully saturated rings. The standard InChI is InChI=1S/C31H30N2O5/c1-20-8-12-22(13-9-20)29(23-14-10-21(2)11-15-23)38-28-17-16-25(19-27(28)30(34)37-4)33-31(35)32-24-6-5-7-26(18-24)36-3/h5-19,29H,1-4H3,(H2,32,33,35). The molecule has 4 rings (SSSR count). The number of hydrogen-bond acceptors (Lipinski definition) is 5. The Labute approximate surface area is 222 Å². The number of urea groups is 1. The molecule has 7 heteroatoms. The fourth-order valence-corrected chi connectivity index (χ4v) is 3.91. The van der Waals surface area contributed by atoms with Crippen LogP contribution >= 0.6 is 0 Å². The molecule has 2 amide bonds. The van der Waals surface area contributed by atoms with Gasteiger partial charge in [0.1, 0.15) is 23.2 Å². The zero-order chi connectivity index (χ0) is 27.1. The van der Waals surface area contributed by atoms with Crippen LogP contribution in [0, 0.1) is 13.8 Å². The summed E-state index contributed by atoms with van der Waals surface area (Å²) in [7, 11) is 2.86. The van der Waals surface area contributed by atoms with Gasteiger partial charge in [0.15, 0.2) is 0 Å². The number of benzene rings is 4. The molecule has 0 bridgehead atoms. The van der Waals surface area contributed by atoms with Gasteiger partial charge in [0.2, 0.25) is 0 Å². The summed E-state index contributed by atoms with van der Waals surface area (Å²) in [6, 6.07) is 27.5. The van der Waals surface area contributed by atoms with Gasteiger partial charge in [0.05, 0.1) is 14.2 Å². The summed E-state index contributed by atoms with van der Waals surface area (Å²) in [5.41, 5.74) is 5.30. The Hall–Kier alpha value is -4.78. The van der Waals surface area contributed by atoms with Gasteiger partial charge in [0, 0.05) is 17.4 Å². The van der Waals surface area contributed by atoms with Crippen LogP contribution in [0.5, 0.6) is 11.5 Å². The second-order valence-electron chi connectivity index (χ2n) is 8.83. The first-order valence-corrected chi connectivity index (χ1v) is 12.1. The van der Waals surface area contributed by atoms with Gasteiger partial charge in [-0.15, -0.1) is 0 Å². The monoisotopic (exact) mass is 510 g/mol. The minimum absolute atomic E-state index is 0.191. The topological polar surface area (TPSA) is 85.9 Å². The van der Waals surface area contributed by atoms with Crippen molar-refractivity contribution in [2.24, 2.45) is 0 Å². The Bertz CT molecular complexity index is 1370. The van der Waals surface area contributed by atoms with Crippen molar-refractivity contribution in [1.82, 2.24) is 0 Å². The average molecular weight is 511 g/mol. The minimum Gasteiger partial charge on any atom is -0.497 e. The minimum atomic E-state index is -0.580. The van der Waals surface area contributed by atoms with E-state index in [4.69, 9.17) is 14.2 Å². The summed E-state index contributed by atoms with van der Waals surface area (Å²) in [5.74, 6) is 0.374. The molecular weight excluding hydrogens is 480 g/mol. The molecule has 38 heavy (non-hydrogen) atoms. The molecule has 0 atom stereocenters. The number of amides is 2. The third-order valence-electron chi connectivity index (χ3n) is 5.98. The second kappa shape index (κ2) is 12.0. The molecule has 0 unspecified atom stereocenters. The first-order chi connectivity index (χ1) is 18.4. The summed E-state index contributed by atoms with van der Waals surface area (Å²) in [6.45, 7) is 4.05. The van der Waals surface area contributed by atoms with E-state index in [0.717, 1.165) is 22.3 Å². The van der Waals surface area contributed by atoms with Crippen LogP contribution in [-0.4, -0.2) is 26.2 Å². The molecule has 0 spiro atoms. The molecule has 0 aliphatic carbocycles. The van der Waals surface area contributed by atoms with Crippen LogP contribution < -0.4 is 20.1 Å². The van der Waals surface area contributed by atoms with E-state index < -0.39 is 18.1 Å². The van der Waals surface area contributed by atoms with Crippen LogP contribution in [0.4, 0.5) is 16.2 Å². The summed E-state index contributed by atoms with van der Waals surface area (Å²) in [4.78, 5) is 25.3. The molecule has 0 aliphatic rings. The maximum Gasteiger partial charge on any atom is 0.341 e. The lowest BCUT2D eigenvalue weighted by Gasteiger charge is -2.22. The quantitative estimate of drug-likeness (QED) is 0.252. The maximum absolute atomic E-state index is 12.7. The highest BCUT2D eigenvalue weighted by atomic mass is 16.5. The first kappa shape index (κ1) is 26.3. The summed E-state index contributed by atoms with van der Waals surface area (Å²) in [6.07, 6.45) is -0.463. The van der Waals surface area contributed by atoms with Gasteiger partial charge in [-0.2, -0.15) is 0 Å². The van der Waals surface area contributed by atoms with Gasteiger partial charge in [-0.1, -0.05) is 65.7 Å². The van der Waals surface area contributed by atoms with Gasteiger partial charge in [-0.3, -0.25) is 0 Å². The van der Waals surface area contributed by atoms with Gasteiger partial charge in [-0.05, 0) is 55.3 Å². The largest absolute Gasteiger partial charge is 0.497 e. The number of esters is 1. The van der Waals surface area contributed by atoms with Crippen LogP contribution in [0.3, 0.4) is 0 Å². The molecule has 4 aromatic rings. The molecule has 7 nitrogen and oxygen atoms in total. The van der Waals surface area contributed by atoms with Crippen molar-refractivity contribution in [2.45, 2.75) is 20.0 Å². The van der Waals surface area contributed by atoms with Crippen molar-refractivity contribution in [1.29, 1.82) is 0 Å². The van der Waals surface area contributed by atoms with Crippen molar-refractivity contribution in [3.63, 3.8) is 0 Å². The van der Waals surface area contributed by atoms with E-state index in [1.54, 1.807) is 43.5 Å². The van der Waals surface area contributed by atoms with Crippen LogP contribution in [0.1, 0.15) is 38.7 Å². The maximum atomic E-state index is 12.7. The number of ether oxygens (including phenoxy) is 3. The molecule has 0 saturated heterocycles. The molecule has 0 radical (unpaired) electrons. The zero-order valence-corrected chi connectivity index (χ0v) is 21.8. The van der Waals surface area contributed by atoms with Crippen molar-refractivity contribution in [2.75, 3.05) is 24.9 Å². The highest BCUT2D eigenvalue weighted by Gasteiger charge is 2.22. The Morgan fingerprint density at radius 1 is 0.711 bits per heavy atom.